The van der Waals surface area contributed by atoms with Gasteiger partial charge in [-0.05, 0) is 30.7 Å². The Morgan fingerprint density at radius 3 is 2.42 bits per heavy atom. The van der Waals surface area contributed by atoms with Gasteiger partial charge in [0.05, 0.1) is 11.3 Å². The van der Waals surface area contributed by atoms with Gasteiger partial charge in [0, 0.05) is 34.9 Å². The summed E-state index contributed by atoms with van der Waals surface area (Å²) in [4.78, 5) is 12.7. The third-order valence-electron chi connectivity index (χ3n) is 4.53. The van der Waals surface area contributed by atoms with Crippen LogP contribution in [0, 0.1) is 0 Å². The van der Waals surface area contributed by atoms with Gasteiger partial charge in [-0.15, -0.1) is 16.9 Å². The molecule has 0 saturated heterocycles. The number of carbonyl (C=O) groups excluding carboxylic acids is 1. The lowest BCUT2D eigenvalue weighted by Crippen LogP contribution is -2.28. The number of benzene rings is 2. The lowest BCUT2D eigenvalue weighted by molar-refractivity contribution is 0.0954. The Bertz CT molecular complexity index is 1140. The summed E-state index contributed by atoms with van der Waals surface area (Å²) in [6.45, 7) is 1.13. The Hall–Kier alpha value is -2.88. The summed E-state index contributed by atoms with van der Waals surface area (Å²) in [5, 5.41) is 12.0. The van der Waals surface area contributed by atoms with Crippen LogP contribution in [0.1, 0.15) is 22.3 Å². The van der Waals surface area contributed by atoms with Gasteiger partial charge < -0.3 is 28.3 Å². The van der Waals surface area contributed by atoms with Crippen molar-refractivity contribution >= 4 is 39.2 Å². The largest absolute Gasteiger partial charge is 0.398 e. The highest BCUT2D eigenvalue weighted by molar-refractivity contribution is 8.00. The second kappa shape index (κ2) is 11.8. The number of nitrogens with two attached hydrogens (primary N) is 6. The van der Waals surface area contributed by atoms with Crippen LogP contribution in [0.25, 0.3) is 11.1 Å². The first kappa shape index (κ1) is 26.4. The van der Waals surface area contributed by atoms with Crippen molar-refractivity contribution in [2.24, 2.45) is 33.3 Å². The first-order valence-corrected chi connectivity index (χ1v) is 12.4. The monoisotopic (exact) mass is 495 g/mol. The van der Waals surface area contributed by atoms with Crippen LogP contribution in [0.2, 0.25) is 0 Å². The van der Waals surface area contributed by atoms with E-state index in [2.05, 4.69) is 16.0 Å². The zero-order valence-corrected chi connectivity index (χ0v) is 19.5. The molecule has 0 aromatic heterocycles. The summed E-state index contributed by atoms with van der Waals surface area (Å²) in [5.74, 6) is 5.09. The number of hydrogen-bond acceptors (Lipinski definition) is 10. The van der Waals surface area contributed by atoms with E-state index in [1.54, 1.807) is 30.3 Å². The molecule has 2 rings (SSSR count). The van der Waals surface area contributed by atoms with Gasteiger partial charge in [-0.25, -0.2) is 24.9 Å². The Labute approximate surface area is 196 Å². The van der Waals surface area contributed by atoms with Crippen molar-refractivity contribution in [2.45, 2.75) is 16.2 Å². The second-order valence-corrected chi connectivity index (χ2v) is 9.42. The number of sulfonamides is 1. The maximum absolute atomic E-state index is 12.6. The van der Waals surface area contributed by atoms with Gasteiger partial charge in [0.25, 0.3) is 5.91 Å². The topological polar surface area (TPSA) is 244 Å². The zero-order valence-electron chi connectivity index (χ0n) is 17.9. The van der Waals surface area contributed by atoms with Crippen LogP contribution in [0.3, 0.4) is 0 Å². The third-order valence-corrected chi connectivity index (χ3v) is 6.74. The number of carbonyl (C=O) groups is 1. The van der Waals surface area contributed by atoms with Crippen molar-refractivity contribution in [3.8, 4) is 11.1 Å². The standard InChI is InChI=1S/C19H29N9O3S2/c20-7-2-9-26-19(29)13-4-1-3-12(16(13)22)11-5-6-14(32-10-8-21)17(33(25,30)31)15(11)18(23)27-28-24/h1,3-6,28H,2,7-10,20-22,24H2,(H2,23,27)(H,26,29)(H2,25,30,31). The molecule has 2 aromatic rings. The van der Waals surface area contributed by atoms with Gasteiger partial charge in [-0.2, -0.15) is 0 Å². The second-order valence-electron chi connectivity index (χ2n) is 6.79. The number of hydrazine groups is 1. The number of anilines is 1. The molecule has 0 atom stereocenters. The smallest absolute Gasteiger partial charge is 0.253 e. The summed E-state index contributed by atoms with van der Waals surface area (Å²) in [6.07, 6.45) is 0.605. The molecule has 14 N–H and O–H groups in total. The third kappa shape index (κ3) is 6.34. The number of nitrogens with one attached hydrogen (secondary N) is 2. The fraction of sp³-hybridized carbons (Fsp3) is 0.263. The molecule has 0 aliphatic heterocycles. The molecule has 2 aromatic carbocycles. The molecule has 0 spiro atoms. The minimum Gasteiger partial charge on any atom is -0.398 e. The minimum absolute atomic E-state index is 0.00450. The summed E-state index contributed by atoms with van der Waals surface area (Å²) >= 11 is 1.20. The highest BCUT2D eigenvalue weighted by atomic mass is 32.2. The number of para-hydroxylation sites is 1. The molecule has 0 aliphatic rings. The number of nitrogen functional groups attached to an aromatic ring is 1. The van der Waals surface area contributed by atoms with Crippen LogP contribution in [0.15, 0.2) is 45.2 Å². The average Bonchev–Trinajstić information content (AvgIpc) is 2.76. The normalized spacial score (nSPS) is 11.9. The molecule has 0 heterocycles. The van der Waals surface area contributed by atoms with Crippen molar-refractivity contribution in [3.05, 3.63) is 41.5 Å². The molecule has 33 heavy (non-hydrogen) atoms. The fourth-order valence-corrected chi connectivity index (χ4v) is 5.24. The molecular formula is C19H29N9O3S2. The van der Waals surface area contributed by atoms with Crippen LogP contribution < -0.4 is 44.8 Å². The van der Waals surface area contributed by atoms with Gasteiger partial charge in [0.2, 0.25) is 10.0 Å². The Kier molecular flexibility index (Phi) is 9.45. The van der Waals surface area contributed by atoms with E-state index in [0.717, 1.165) is 0 Å². The predicted molar refractivity (Wildman–Crippen MR) is 131 cm³/mol. The van der Waals surface area contributed by atoms with E-state index >= 15 is 0 Å². The van der Waals surface area contributed by atoms with E-state index in [1.807, 2.05) is 0 Å². The molecule has 0 aliphatic carbocycles. The van der Waals surface area contributed by atoms with Crippen LogP contribution in [0.4, 0.5) is 5.69 Å². The number of hydrogen-bond donors (Lipinski definition) is 8. The number of hydrazone groups is 1. The SMILES string of the molecule is NCCCNC(=O)c1cccc(-c2ccc(SCCN)c(S(N)(=O)=O)c2/C(N)=N/NN)c1N. The van der Waals surface area contributed by atoms with E-state index in [1.165, 1.54) is 11.8 Å². The van der Waals surface area contributed by atoms with E-state index in [9.17, 15) is 13.2 Å². The first-order valence-electron chi connectivity index (χ1n) is 9.86. The molecular weight excluding hydrogens is 466 g/mol. The minimum atomic E-state index is -4.27. The van der Waals surface area contributed by atoms with Crippen molar-refractivity contribution in [1.82, 2.24) is 10.9 Å². The molecule has 0 bridgehead atoms. The van der Waals surface area contributed by atoms with E-state index in [0.29, 0.717) is 47.8 Å². The van der Waals surface area contributed by atoms with Gasteiger partial charge in [-0.1, -0.05) is 18.2 Å². The lowest BCUT2D eigenvalue weighted by atomic mass is 9.95. The van der Waals surface area contributed by atoms with Gasteiger partial charge in [-0.3, -0.25) is 4.79 Å². The molecule has 180 valence electrons. The van der Waals surface area contributed by atoms with Gasteiger partial charge in [0.15, 0.2) is 5.84 Å². The molecule has 1 amide bonds. The van der Waals surface area contributed by atoms with E-state index in [-0.39, 0.29) is 27.5 Å². The highest BCUT2D eigenvalue weighted by Crippen LogP contribution is 2.38. The zero-order chi connectivity index (χ0) is 24.6. The van der Waals surface area contributed by atoms with Crippen LogP contribution >= 0.6 is 11.8 Å². The van der Waals surface area contributed by atoms with Crippen molar-refractivity contribution < 1.29 is 13.2 Å². The van der Waals surface area contributed by atoms with Crippen molar-refractivity contribution in [1.29, 1.82) is 0 Å². The number of primary sulfonamides is 1. The summed E-state index contributed by atoms with van der Waals surface area (Å²) in [7, 11) is -4.27. The maximum Gasteiger partial charge on any atom is 0.253 e. The first-order chi connectivity index (χ1) is 15.7. The molecule has 0 saturated carbocycles. The number of amidine groups is 1. The fourth-order valence-electron chi connectivity index (χ4n) is 3.13. The number of thioether (sulfide) groups is 1. The van der Waals surface area contributed by atoms with Crippen molar-refractivity contribution in [3.63, 3.8) is 0 Å². The van der Waals surface area contributed by atoms with Crippen LogP contribution in [-0.2, 0) is 10.0 Å². The summed E-state index contributed by atoms with van der Waals surface area (Å²) in [6, 6.07) is 8.02. The van der Waals surface area contributed by atoms with E-state index < -0.39 is 15.9 Å². The number of rotatable bonds is 11. The molecule has 0 unspecified atom stereocenters. The van der Waals surface area contributed by atoms with E-state index in [4.69, 9.17) is 33.9 Å². The molecule has 0 fully saturated rings. The van der Waals surface area contributed by atoms with Crippen molar-refractivity contribution in [2.75, 3.05) is 31.1 Å². The predicted octanol–water partition coefficient (Wildman–Crippen LogP) is -1.20. The Morgan fingerprint density at radius 2 is 1.82 bits per heavy atom. The number of nitrogens with zero attached hydrogens (tertiary/aromatic N) is 1. The quantitative estimate of drug-likeness (QED) is 0.0351. The molecule has 14 heteroatoms. The van der Waals surface area contributed by atoms with Crippen LogP contribution in [-0.4, -0.2) is 45.5 Å². The maximum atomic E-state index is 12.6. The Morgan fingerprint density at radius 1 is 1.09 bits per heavy atom. The summed E-state index contributed by atoms with van der Waals surface area (Å²) in [5.41, 5.74) is 26.5. The van der Waals surface area contributed by atoms with Gasteiger partial charge >= 0.3 is 0 Å². The Balaban J connectivity index is 2.79. The average molecular weight is 496 g/mol. The lowest BCUT2D eigenvalue weighted by Gasteiger charge is -2.19. The summed E-state index contributed by atoms with van der Waals surface area (Å²) < 4.78 is 25.2. The number of amides is 1. The molecule has 12 nitrogen and oxygen atoms in total. The van der Waals surface area contributed by atoms with Crippen LogP contribution in [0.5, 0.6) is 0 Å². The highest BCUT2D eigenvalue weighted by Gasteiger charge is 2.27. The molecule has 0 radical (unpaired) electrons. The van der Waals surface area contributed by atoms with Gasteiger partial charge in [0.1, 0.15) is 4.90 Å².